The third-order valence-corrected chi connectivity index (χ3v) is 3.83. The monoisotopic (exact) mass is 355 g/mol. The van der Waals surface area contributed by atoms with E-state index in [2.05, 4.69) is 11.4 Å². The first-order valence-corrected chi connectivity index (χ1v) is 8.77. The minimum atomic E-state index is -0.443. The second-order valence-electron chi connectivity index (χ2n) is 6.04. The van der Waals surface area contributed by atoms with E-state index in [0.717, 1.165) is 11.3 Å². The van der Waals surface area contributed by atoms with Crippen molar-refractivity contribution in [2.45, 2.75) is 33.6 Å². The Bertz CT molecular complexity index is 770. The number of hydrogen-bond donors (Lipinski definition) is 1. The SMILES string of the molecule is CCOC(=O)c1ccccc1NC(=O)CCCOc1ccc(C)cc1C. The average molecular weight is 355 g/mol. The molecule has 2 aromatic carbocycles. The van der Waals surface area contributed by atoms with Crippen molar-refractivity contribution in [3.63, 3.8) is 0 Å². The van der Waals surface area contributed by atoms with Gasteiger partial charge in [0.2, 0.25) is 5.91 Å². The van der Waals surface area contributed by atoms with Gasteiger partial charge in [-0.3, -0.25) is 4.79 Å². The molecule has 0 atom stereocenters. The van der Waals surface area contributed by atoms with Gasteiger partial charge in [-0.1, -0.05) is 29.8 Å². The Hall–Kier alpha value is -2.82. The number of para-hydroxylation sites is 1. The molecule has 0 aliphatic heterocycles. The number of carbonyl (C=O) groups excluding carboxylic acids is 2. The molecule has 0 radical (unpaired) electrons. The van der Waals surface area contributed by atoms with Crippen LogP contribution in [0.1, 0.15) is 41.3 Å². The van der Waals surface area contributed by atoms with Crippen LogP contribution in [0.3, 0.4) is 0 Å². The number of rotatable bonds is 8. The summed E-state index contributed by atoms with van der Waals surface area (Å²) < 4.78 is 10.7. The Morgan fingerprint density at radius 3 is 2.58 bits per heavy atom. The van der Waals surface area contributed by atoms with E-state index < -0.39 is 5.97 Å². The first kappa shape index (κ1) is 19.5. The van der Waals surface area contributed by atoms with E-state index in [-0.39, 0.29) is 12.5 Å². The Morgan fingerprint density at radius 1 is 1.08 bits per heavy atom. The average Bonchev–Trinajstić information content (AvgIpc) is 2.61. The summed E-state index contributed by atoms with van der Waals surface area (Å²) >= 11 is 0. The fraction of sp³-hybridized carbons (Fsp3) is 0.333. The summed E-state index contributed by atoms with van der Waals surface area (Å²) in [6.45, 7) is 6.53. The largest absolute Gasteiger partial charge is 0.493 e. The third-order valence-electron chi connectivity index (χ3n) is 3.83. The van der Waals surface area contributed by atoms with Gasteiger partial charge in [-0.2, -0.15) is 0 Å². The minimum absolute atomic E-state index is 0.161. The molecule has 2 rings (SSSR count). The maximum atomic E-state index is 12.1. The first-order chi connectivity index (χ1) is 12.5. The lowest BCUT2D eigenvalue weighted by Gasteiger charge is -2.11. The zero-order valence-corrected chi connectivity index (χ0v) is 15.5. The highest BCUT2D eigenvalue weighted by Crippen LogP contribution is 2.19. The maximum Gasteiger partial charge on any atom is 0.340 e. The zero-order valence-electron chi connectivity index (χ0n) is 15.5. The van der Waals surface area contributed by atoms with Crippen LogP contribution in [0.5, 0.6) is 5.75 Å². The van der Waals surface area contributed by atoms with Crippen molar-refractivity contribution in [2.24, 2.45) is 0 Å². The van der Waals surface area contributed by atoms with Crippen molar-refractivity contribution in [1.29, 1.82) is 0 Å². The smallest absolute Gasteiger partial charge is 0.340 e. The van der Waals surface area contributed by atoms with Crippen molar-refractivity contribution in [3.8, 4) is 5.75 Å². The van der Waals surface area contributed by atoms with Crippen LogP contribution < -0.4 is 10.1 Å². The van der Waals surface area contributed by atoms with Crippen molar-refractivity contribution >= 4 is 17.6 Å². The van der Waals surface area contributed by atoms with Gasteiger partial charge in [-0.15, -0.1) is 0 Å². The van der Waals surface area contributed by atoms with Gasteiger partial charge >= 0.3 is 5.97 Å². The van der Waals surface area contributed by atoms with Crippen LogP contribution in [-0.4, -0.2) is 25.1 Å². The normalized spacial score (nSPS) is 10.3. The van der Waals surface area contributed by atoms with Gasteiger partial charge < -0.3 is 14.8 Å². The molecule has 0 aliphatic carbocycles. The van der Waals surface area contributed by atoms with Gasteiger partial charge in [-0.05, 0) is 51.0 Å². The number of aryl methyl sites for hydroxylation is 2. The lowest BCUT2D eigenvalue weighted by Crippen LogP contribution is -2.16. The van der Waals surface area contributed by atoms with Crippen molar-refractivity contribution in [2.75, 3.05) is 18.5 Å². The number of esters is 1. The summed E-state index contributed by atoms with van der Waals surface area (Å²) in [5.74, 6) is 0.233. The number of amides is 1. The summed E-state index contributed by atoms with van der Waals surface area (Å²) in [7, 11) is 0. The summed E-state index contributed by atoms with van der Waals surface area (Å²) in [6, 6.07) is 12.8. The predicted molar refractivity (Wildman–Crippen MR) is 102 cm³/mol. The molecule has 0 aromatic heterocycles. The van der Waals surface area contributed by atoms with Crippen LogP contribution in [0.25, 0.3) is 0 Å². The Morgan fingerprint density at radius 2 is 1.85 bits per heavy atom. The van der Waals surface area contributed by atoms with Crippen molar-refractivity contribution in [3.05, 3.63) is 59.2 Å². The van der Waals surface area contributed by atoms with Gasteiger partial charge in [0.05, 0.1) is 24.5 Å². The standard InChI is InChI=1S/C21H25NO4/c1-4-25-21(24)17-8-5-6-9-18(17)22-20(23)10-7-13-26-19-12-11-15(2)14-16(19)3/h5-6,8-9,11-12,14H,4,7,10,13H2,1-3H3,(H,22,23). The van der Waals surface area contributed by atoms with E-state index in [1.165, 1.54) is 5.56 Å². The topological polar surface area (TPSA) is 64.6 Å². The molecule has 0 saturated carbocycles. The summed E-state index contributed by atoms with van der Waals surface area (Å²) in [4.78, 5) is 24.1. The van der Waals surface area contributed by atoms with Crippen LogP contribution in [-0.2, 0) is 9.53 Å². The summed E-state index contributed by atoms with van der Waals surface area (Å²) in [5.41, 5.74) is 3.09. The molecule has 0 saturated heterocycles. The number of nitrogens with one attached hydrogen (secondary N) is 1. The number of anilines is 1. The van der Waals surface area contributed by atoms with Crippen LogP contribution >= 0.6 is 0 Å². The Balaban J connectivity index is 1.83. The Labute approximate surface area is 154 Å². The van der Waals surface area contributed by atoms with Gasteiger partial charge in [0.25, 0.3) is 0 Å². The van der Waals surface area contributed by atoms with Crippen molar-refractivity contribution < 1.29 is 19.1 Å². The molecular formula is C21H25NO4. The van der Waals surface area contributed by atoms with E-state index in [1.54, 1.807) is 31.2 Å². The van der Waals surface area contributed by atoms with E-state index >= 15 is 0 Å². The molecule has 0 unspecified atom stereocenters. The lowest BCUT2D eigenvalue weighted by atomic mass is 10.1. The van der Waals surface area contributed by atoms with E-state index in [0.29, 0.717) is 30.7 Å². The van der Waals surface area contributed by atoms with Gasteiger partial charge in [0, 0.05) is 6.42 Å². The Kier molecular flexibility index (Phi) is 7.21. The van der Waals surface area contributed by atoms with Gasteiger partial charge in [0.15, 0.2) is 0 Å². The highest BCUT2D eigenvalue weighted by atomic mass is 16.5. The molecule has 0 heterocycles. The highest BCUT2D eigenvalue weighted by Gasteiger charge is 2.13. The number of ether oxygens (including phenoxy) is 2. The summed E-state index contributed by atoms with van der Waals surface area (Å²) in [5, 5.41) is 2.77. The zero-order chi connectivity index (χ0) is 18.9. The van der Waals surface area contributed by atoms with E-state index in [4.69, 9.17) is 9.47 Å². The fourth-order valence-corrected chi connectivity index (χ4v) is 2.57. The fourth-order valence-electron chi connectivity index (χ4n) is 2.57. The molecule has 138 valence electrons. The van der Waals surface area contributed by atoms with E-state index in [9.17, 15) is 9.59 Å². The molecule has 0 aliphatic rings. The van der Waals surface area contributed by atoms with E-state index in [1.807, 2.05) is 26.0 Å². The molecule has 5 heteroatoms. The molecule has 2 aromatic rings. The molecule has 0 spiro atoms. The molecule has 0 fully saturated rings. The van der Waals surface area contributed by atoms with Crippen LogP contribution in [0.15, 0.2) is 42.5 Å². The number of hydrogen-bond acceptors (Lipinski definition) is 4. The van der Waals surface area contributed by atoms with Crippen LogP contribution in [0.2, 0.25) is 0 Å². The van der Waals surface area contributed by atoms with Crippen LogP contribution in [0.4, 0.5) is 5.69 Å². The lowest BCUT2D eigenvalue weighted by molar-refractivity contribution is -0.116. The second-order valence-corrected chi connectivity index (χ2v) is 6.04. The van der Waals surface area contributed by atoms with Gasteiger partial charge in [-0.25, -0.2) is 4.79 Å². The second kappa shape index (κ2) is 9.61. The van der Waals surface area contributed by atoms with Crippen LogP contribution in [0, 0.1) is 13.8 Å². The van der Waals surface area contributed by atoms with Gasteiger partial charge in [0.1, 0.15) is 5.75 Å². The number of carbonyl (C=O) groups is 2. The molecule has 1 amide bonds. The molecule has 1 N–H and O–H groups in total. The molecule has 26 heavy (non-hydrogen) atoms. The molecule has 0 bridgehead atoms. The number of benzene rings is 2. The molecular weight excluding hydrogens is 330 g/mol. The van der Waals surface area contributed by atoms with Crippen molar-refractivity contribution in [1.82, 2.24) is 0 Å². The highest BCUT2D eigenvalue weighted by molar-refractivity contribution is 6.01. The first-order valence-electron chi connectivity index (χ1n) is 8.77. The minimum Gasteiger partial charge on any atom is -0.493 e. The third kappa shape index (κ3) is 5.62. The predicted octanol–water partition coefficient (Wildman–Crippen LogP) is 4.28. The quantitative estimate of drug-likeness (QED) is 0.567. The molecule has 5 nitrogen and oxygen atoms in total. The maximum absolute atomic E-state index is 12.1. The summed E-state index contributed by atoms with van der Waals surface area (Å²) in [6.07, 6.45) is 0.892.